The van der Waals surface area contributed by atoms with E-state index in [0.717, 1.165) is 17.7 Å². The first-order valence-corrected chi connectivity index (χ1v) is 8.38. The monoisotopic (exact) mass is 332 g/mol. The summed E-state index contributed by atoms with van der Waals surface area (Å²) in [7, 11) is 1.86. The molecule has 0 spiro atoms. The lowest BCUT2D eigenvalue weighted by molar-refractivity contribution is 0.00530. The third-order valence-corrected chi connectivity index (χ3v) is 4.60. The summed E-state index contributed by atoms with van der Waals surface area (Å²) in [6.45, 7) is 9.08. The molecule has 2 unspecified atom stereocenters. The van der Waals surface area contributed by atoms with E-state index in [2.05, 4.69) is 29.2 Å². The van der Waals surface area contributed by atoms with E-state index < -0.39 is 5.60 Å². The third kappa shape index (κ3) is 4.33. The number of nitrogens with one attached hydrogen (secondary N) is 1. The molecule has 0 aliphatic rings. The van der Waals surface area contributed by atoms with Gasteiger partial charge < -0.3 is 15.2 Å². The van der Waals surface area contributed by atoms with Crippen LogP contribution in [0.15, 0.2) is 24.5 Å². The number of nitrogens with zero attached hydrogens (tertiary/aromatic N) is 3. The van der Waals surface area contributed by atoms with Gasteiger partial charge in [0.05, 0.1) is 23.1 Å². The number of aromatic nitrogens is 3. The Balaban J connectivity index is 2.08. The first-order valence-electron chi connectivity index (χ1n) is 8.38. The maximum Gasteiger partial charge on any atom is 0.222 e. The molecule has 0 aliphatic carbocycles. The predicted molar refractivity (Wildman–Crippen MR) is 94.0 cm³/mol. The number of aryl methyl sites for hydroxylation is 2. The van der Waals surface area contributed by atoms with E-state index in [-0.39, 0.29) is 5.92 Å². The fourth-order valence-corrected chi connectivity index (χ4v) is 2.59. The molecular weight excluding hydrogens is 304 g/mol. The third-order valence-electron chi connectivity index (χ3n) is 4.60. The van der Waals surface area contributed by atoms with Crippen LogP contribution in [0.1, 0.15) is 38.4 Å². The van der Waals surface area contributed by atoms with Crippen molar-refractivity contribution in [1.82, 2.24) is 20.1 Å². The van der Waals surface area contributed by atoms with Gasteiger partial charge in [-0.3, -0.25) is 4.98 Å². The van der Waals surface area contributed by atoms with Gasteiger partial charge in [-0.1, -0.05) is 20.3 Å². The summed E-state index contributed by atoms with van der Waals surface area (Å²) in [5, 5.41) is 18.3. The van der Waals surface area contributed by atoms with Crippen LogP contribution < -0.4 is 10.1 Å². The minimum Gasteiger partial charge on any atom is -0.437 e. The molecule has 0 amide bonds. The van der Waals surface area contributed by atoms with Crippen molar-refractivity contribution in [3.63, 3.8) is 0 Å². The van der Waals surface area contributed by atoms with Gasteiger partial charge in [-0.2, -0.15) is 5.10 Å². The summed E-state index contributed by atoms with van der Waals surface area (Å²) >= 11 is 0. The fourth-order valence-electron chi connectivity index (χ4n) is 2.59. The van der Waals surface area contributed by atoms with Crippen LogP contribution in [-0.4, -0.2) is 32.0 Å². The topological polar surface area (TPSA) is 72.2 Å². The molecule has 24 heavy (non-hydrogen) atoms. The zero-order valence-corrected chi connectivity index (χ0v) is 15.2. The highest BCUT2D eigenvalue weighted by molar-refractivity contribution is 5.34. The summed E-state index contributed by atoms with van der Waals surface area (Å²) in [6, 6.07) is 3.69. The fraction of sp³-hybridized carbons (Fsp3) is 0.556. The maximum absolute atomic E-state index is 10.5. The summed E-state index contributed by atoms with van der Waals surface area (Å²) in [4.78, 5) is 4.07. The van der Waals surface area contributed by atoms with Crippen molar-refractivity contribution in [1.29, 1.82) is 0 Å². The average Bonchev–Trinajstić information content (AvgIpc) is 2.81. The van der Waals surface area contributed by atoms with Gasteiger partial charge in [-0.05, 0) is 31.9 Å². The van der Waals surface area contributed by atoms with Crippen molar-refractivity contribution in [2.24, 2.45) is 13.0 Å². The van der Waals surface area contributed by atoms with Crippen LogP contribution in [0.5, 0.6) is 11.6 Å². The Kier molecular flexibility index (Phi) is 5.96. The lowest BCUT2D eigenvalue weighted by atomic mass is 9.88. The standard InChI is InChI=1S/C18H28N4O2/c1-6-13(2)18(4,23)12-20-11-16-14(3)21-22(5)17(16)24-15-8-7-9-19-10-15/h7-10,13,20,23H,6,11-12H2,1-5H3. The van der Waals surface area contributed by atoms with Crippen LogP contribution in [0.4, 0.5) is 0 Å². The minimum atomic E-state index is -0.741. The molecule has 6 heteroatoms. The van der Waals surface area contributed by atoms with Gasteiger partial charge in [0.2, 0.25) is 5.88 Å². The Bertz CT molecular complexity index is 653. The molecule has 0 aromatic carbocycles. The van der Waals surface area contributed by atoms with Crippen LogP contribution in [0.2, 0.25) is 0 Å². The lowest BCUT2D eigenvalue weighted by Crippen LogP contribution is -2.42. The van der Waals surface area contributed by atoms with E-state index in [1.165, 1.54) is 0 Å². The molecule has 0 saturated carbocycles. The summed E-state index contributed by atoms with van der Waals surface area (Å²) in [5.41, 5.74) is 1.16. The van der Waals surface area contributed by atoms with Crippen molar-refractivity contribution in [2.75, 3.05) is 6.54 Å². The van der Waals surface area contributed by atoms with Gasteiger partial charge in [0.25, 0.3) is 0 Å². The van der Waals surface area contributed by atoms with Crippen molar-refractivity contribution >= 4 is 0 Å². The highest BCUT2D eigenvalue weighted by atomic mass is 16.5. The zero-order chi connectivity index (χ0) is 17.7. The van der Waals surface area contributed by atoms with Crippen LogP contribution in [0.25, 0.3) is 0 Å². The highest BCUT2D eigenvalue weighted by Gasteiger charge is 2.27. The molecule has 2 aromatic rings. The highest BCUT2D eigenvalue weighted by Crippen LogP contribution is 2.27. The molecule has 2 N–H and O–H groups in total. The van der Waals surface area contributed by atoms with Gasteiger partial charge in [0, 0.05) is 26.3 Å². The Morgan fingerprint density at radius 1 is 1.46 bits per heavy atom. The summed E-state index contributed by atoms with van der Waals surface area (Å²) < 4.78 is 7.68. The van der Waals surface area contributed by atoms with Crippen molar-refractivity contribution < 1.29 is 9.84 Å². The first-order chi connectivity index (χ1) is 11.3. The number of rotatable bonds is 8. The molecule has 2 atom stereocenters. The van der Waals surface area contributed by atoms with Gasteiger partial charge in [-0.15, -0.1) is 0 Å². The average molecular weight is 332 g/mol. The Hall–Kier alpha value is -1.92. The van der Waals surface area contributed by atoms with E-state index in [1.807, 2.05) is 33.0 Å². The van der Waals surface area contributed by atoms with E-state index in [1.54, 1.807) is 17.1 Å². The van der Waals surface area contributed by atoms with E-state index in [4.69, 9.17) is 4.74 Å². The minimum absolute atomic E-state index is 0.228. The van der Waals surface area contributed by atoms with Gasteiger partial charge in [-0.25, -0.2) is 4.68 Å². The molecule has 6 nitrogen and oxygen atoms in total. The molecule has 0 fully saturated rings. The number of pyridine rings is 1. The Labute approximate surface area is 143 Å². The Morgan fingerprint density at radius 2 is 2.21 bits per heavy atom. The van der Waals surface area contributed by atoms with Gasteiger partial charge >= 0.3 is 0 Å². The van der Waals surface area contributed by atoms with Crippen LogP contribution in [0.3, 0.4) is 0 Å². The first kappa shape index (κ1) is 18.4. The molecule has 2 aromatic heterocycles. The number of aliphatic hydroxyl groups is 1. The second kappa shape index (κ2) is 7.77. The molecule has 0 bridgehead atoms. The SMILES string of the molecule is CCC(C)C(C)(O)CNCc1c(C)nn(C)c1Oc1cccnc1. The van der Waals surface area contributed by atoms with Crippen molar-refractivity contribution in [2.45, 2.75) is 46.3 Å². The number of hydrogen-bond donors (Lipinski definition) is 2. The van der Waals surface area contributed by atoms with Crippen molar-refractivity contribution in [3.8, 4) is 11.6 Å². The molecule has 0 radical (unpaired) electrons. The van der Waals surface area contributed by atoms with Crippen LogP contribution in [0, 0.1) is 12.8 Å². The molecule has 0 aliphatic heterocycles. The maximum atomic E-state index is 10.5. The molecule has 2 rings (SSSR count). The van der Waals surface area contributed by atoms with E-state index >= 15 is 0 Å². The molecular formula is C18H28N4O2. The smallest absolute Gasteiger partial charge is 0.222 e. The number of hydrogen-bond acceptors (Lipinski definition) is 5. The van der Waals surface area contributed by atoms with E-state index in [0.29, 0.717) is 24.7 Å². The summed E-state index contributed by atoms with van der Waals surface area (Å²) in [5.74, 6) is 1.59. The molecule has 2 heterocycles. The van der Waals surface area contributed by atoms with Crippen LogP contribution in [-0.2, 0) is 13.6 Å². The van der Waals surface area contributed by atoms with Crippen LogP contribution >= 0.6 is 0 Å². The summed E-state index contributed by atoms with van der Waals surface area (Å²) in [6.07, 6.45) is 4.32. The zero-order valence-electron chi connectivity index (χ0n) is 15.2. The van der Waals surface area contributed by atoms with Crippen molar-refractivity contribution in [3.05, 3.63) is 35.8 Å². The quantitative estimate of drug-likeness (QED) is 0.778. The second-order valence-corrected chi connectivity index (χ2v) is 6.55. The lowest BCUT2D eigenvalue weighted by Gasteiger charge is -2.30. The largest absolute Gasteiger partial charge is 0.437 e. The number of ether oxygens (including phenoxy) is 1. The van der Waals surface area contributed by atoms with Gasteiger partial charge in [0.1, 0.15) is 5.75 Å². The predicted octanol–water partition coefficient (Wildman–Crippen LogP) is 2.80. The Morgan fingerprint density at radius 3 is 2.83 bits per heavy atom. The van der Waals surface area contributed by atoms with E-state index in [9.17, 15) is 5.11 Å². The normalized spacial score (nSPS) is 15.1. The second-order valence-electron chi connectivity index (χ2n) is 6.55. The van der Waals surface area contributed by atoms with Gasteiger partial charge in [0.15, 0.2) is 0 Å². The molecule has 0 saturated heterocycles. The molecule has 132 valence electrons.